The van der Waals surface area contributed by atoms with Crippen LogP contribution >= 0.6 is 0 Å². The minimum Gasteiger partial charge on any atom is -0.381 e. The molecule has 3 aliphatic rings. The van der Waals surface area contributed by atoms with Gasteiger partial charge in [-0.3, -0.25) is 28.1 Å². The van der Waals surface area contributed by atoms with Crippen LogP contribution in [-0.2, 0) is 30.3 Å². The highest BCUT2D eigenvalue weighted by Crippen LogP contribution is 2.57. The summed E-state index contributed by atoms with van der Waals surface area (Å²) < 4.78 is 34.5. The summed E-state index contributed by atoms with van der Waals surface area (Å²) >= 11 is 0. The number of carbonyl (C=O) groups is 1. The van der Waals surface area contributed by atoms with E-state index in [1.165, 1.54) is 5.56 Å². The van der Waals surface area contributed by atoms with Crippen molar-refractivity contribution < 1.29 is 18.4 Å². The van der Waals surface area contributed by atoms with Crippen molar-refractivity contribution in [3.05, 3.63) is 140 Å². The Labute approximate surface area is 353 Å². The number of halogens is 1. The quantitative estimate of drug-likeness (QED) is 0.186. The first kappa shape index (κ1) is 38.1. The van der Waals surface area contributed by atoms with Crippen molar-refractivity contribution in [2.75, 3.05) is 19.8 Å². The smallest absolute Gasteiger partial charge is 0.381 e. The third kappa shape index (κ3) is 5.79. The number of hydrogen-bond donors (Lipinski definition) is 1. The van der Waals surface area contributed by atoms with Crippen molar-refractivity contribution in [2.45, 2.75) is 70.9 Å². The molecule has 2 aliphatic heterocycles. The van der Waals surface area contributed by atoms with E-state index in [1.54, 1.807) is 63.1 Å². The summed E-state index contributed by atoms with van der Waals surface area (Å²) in [6, 6.07) is 17.6. The summed E-state index contributed by atoms with van der Waals surface area (Å²) in [5.41, 5.74) is 5.98. The molecule has 5 aromatic heterocycles. The molecule has 15 nitrogen and oxygen atoms in total. The highest BCUT2D eigenvalue weighted by atomic mass is 19.1. The lowest BCUT2D eigenvalue weighted by atomic mass is 9.91. The molecular formula is C46H45FN10O5. The molecule has 1 aliphatic carbocycles. The molecular weight excluding hydrogens is 792 g/mol. The second-order valence-corrected chi connectivity index (χ2v) is 17.1. The molecule has 0 bridgehead atoms. The molecule has 1 saturated heterocycles. The van der Waals surface area contributed by atoms with Crippen LogP contribution < -0.4 is 11.4 Å². The number of benzene rings is 3. The average Bonchev–Trinajstić information content (AvgIpc) is 3.85. The van der Waals surface area contributed by atoms with Crippen LogP contribution in [0.25, 0.3) is 39.0 Å². The summed E-state index contributed by atoms with van der Waals surface area (Å²) in [4.78, 5) is 47.0. The number of nitrogens with zero attached hydrogens (tertiary/aromatic N) is 9. The Balaban J connectivity index is 1.04. The molecule has 0 spiro atoms. The van der Waals surface area contributed by atoms with Gasteiger partial charge >= 0.3 is 11.4 Å². The summed E-state index contributed by atoms with van der Waals surface area (Å²) in [6.07, 6.45) is 8.93. The Hall–Kier alpha value is -6.81. The largest absolute Gasteiger partial charge is 0.438 e. The molecule has 7 heterocycles. The number of aryl methyl sites for hydroxylation is 3. The van der Waals surface area contributed by atoms with Crippen molar-refractivity contribution in [3.63, 3.8) is 0 Å². The van der Waals surface area contributed by atoms with E-state index in [0.29, 0.717) is 83.9 Å². The number of aromatic nitrogens is 9. The Morgan fingerprint density at radius 3 is 2.47 bits per heavy atom. The van der Waals surface area contributed by atoms with Gasteiger partial charge in [-0.25, -0.2) is 18.7 Å². The van der Waals surface area contributed by atoms with Gasteiger partial charge in [-0.1, -0.05) is 24.6 Å². The maximum atomic E-state index is 15.3. The van der Waals surface area contributed by atoms with Gasteiger partial charge in [0.05, 0.1) is 35.3 Å². The standard InChI is InChI=1S/C46H45FN10O5/c1-5-32-23-46(32,43-49-44(59)62-51-43)56-38-8-6-29(28-11-16-61-17-12-28)20-30(38)22-39(56)42(58)53-13-10-36-35(25-53)41(57(50-36)34-18-26(2)40(47)27(3)19-34)55-15-14-54(45(55)60)33-7-9-37-31(21-33)24-48-52(37)4/h6-9,14-15,18-22,24,28,32H,5,10-13,16-17,23,25H2,1-4H3,(H,49,51,59)/t32-,46-/m0/s1. The monoisotopic (exact) mass is 836 g/mol. The highest BCUT2D eigenvalue weighted by Gasteiger charge is 2.60. The van der Waals surface area contributed by atoms with Crippen molar-refractivity contribution in [1.82, 2.24) is 48.3 Å². The molecule has 3 aromatic carbocycles. The third-order valence-corrected chi connectivity index (χ3v) is 13.5. The number of amides is 1. The van der Waals surface area contributed by atoms with Gasteiger partial charge in [-0.2, -0.15) is 10.2 Å². The molecule has 11 rings (SSSR count). The lowest BCUT2D eigenvalue weighted by Crippen LogP contribution is -2.39. The number of H-pyrrole nitrogens is 1. The van der Waals surface area contributed by atoms with Crippen LogP contribution in [0.4, 0.5) is 4.39 Å². The van der Waals surface area contributed by atoms with Gasteiger partial charge in [-0.05, 0) is 110 Å². The predicted molar refractivity (Wildman–Crippen MR) is 228 cm³/mol. The molecule has 2 atom stereocenters. The van der Waals surface area contributed by atoms with E-state index in [4.69, 9.17) is 14.4 Å². The van der Waals surface area contributed by atoms with Crippen molar-refractivity contribution >= 4 is 27.7 Å². The minimum absolute atomic E-state index is 0.0933. The van der Waals surface area contributed by atoms with Gasteiger partial charge in [0.15, 0.2) is 5.82 Å². The van der Waals surface area contributed by atoms with E-state index in [0.717, 1.165) is 46.8 Å². The zero-order chi connectivity index (χ0) is 42.6. The Bertz CT molecular complexity index is 3200. The van der Waals surface area contributed by atoms with E-state index >= 15 is 9.18 Å². The fraction of sp³-hybridized carbons (Fsp3) is 0.348. The zero-order valence-electron chi connectivity index (χ0n) is 34.9. The average molecular weight is 837 g/mol. The van der Waals surface area contributed by atoms with Gasteiger partial charge < -0.3 is 14.2 Å². The molecule has 62 heavy (non-hydrogen) atoms. The maximum Gasteiger partial charge on any atom is 0.438 e. The van der Waals surface area contributed by atoms with Gasteiger partial charge in [0.25, 0.3) is 5.91 Å². The Morgan fingerprint density at radius 2 is 1.73 bits per heavy atom. The number of nitrogens with one attached hydrogen (secondary N) is 1. The molecule has 0 radical (unpaired) electrons. The van der Waals surface area contributed by atoms with Crippen LogP contribution in [0.2, 0.25) is 0 Å². The predicted octanol–water partition coefficient (Wildman–Crippen LogP) is 6.35. The van der Waals surface area contributed by atoms with E-state index < -0.39 is 11.3 Å². The van der Waals surface area contributed by atoms with Gasteiger partial charge in [0.2, 0.25) is 0 Å². The number of carbonyl (C=O) groups excluding carboxylic acids is 1. The van der Waals surface area contributed by atoms with E-state index in [2.05, 4.69) is 44.9 Å². The van der Waals surface area contributed by atoms with E-state index in [1.807, 2.05) is 36.2 Å². The molecule has 0 unspecified atom stereocenters. The van der Waals surface area contributed by atoms with Crippen LogP contribution in [0.3, 0.4) is 0 Å². The topological polar surface area (TPSA) is 156 Å². The molecule has 1 amide bonds. The van der Waals surface area contributed by atoms with Crippen LogP contribution in [0.15, 0.2) is 87.3 Å². The van der Waals surface area contributed by atoms with Crippen molar-refractivity contribution in [3.8, 4) is 17.2 Å². The summed E-state index contributed by atoms with van der Waals surface area (Å²) in [7, 11) is 1.87. The van der Waals surface area contributed by atoms with E-state index in [-0.39, 0.29) is 29.9 Å². The minimum atomic E-state index is -0.793. The summed E-state index contributed by atoms with van der Waals surface area (Å²) in [6.45, 7) is 7.46. The van der Waals surface area contributed by atoms with Crippen LogP contribution in [-0.4, -0.2) is 74.0 Å². The normalized spacial score (nSPS) is 19.2. The van der Waals surface area contributed by atoms with Gasteiger partial charge in [0, 0.05) is 67.5 Å². The second kappa shape index (κ2) is 14.1. The van der Waals surface area contributed by atoms with E-state index in [9.17, 15) is 9.59 Å². The maximum absolute atomic E-state index is 15.3. The number of rotatable bonds is 8. The lowest BCUT2D eigenvalue weighted by Gasteiger charge is -2.29. The molecule has 1 saturated carbocycles. The lowest BCUT2D eigenvalue weighted by molar-refractivity contribution is 0.0720. The summed E-state index contributed by atoms with van der Waals surface area (Å²) in [5, 5.41) is 15.5. The van der Waals surface area contributed by atoms with Crippen LogP contribution in [0.5, 0.6) is 0 Å². The number of aromatic amines is 1. The first-order chi connectivity index (χ1) is 30.0. The Morgan fingerprint density at radius 1 is 0.952 bits per heavy atom. The number of fused-ring (bicyclic) bond motifs is 3. The number of hydrogen-bond acceptors (Lipinski definition) is 8. The molecule has 8 aromatic rings. The van der Waals surface area contributed by atoms with Crippen LogP contribution in [0, 0.1) is 25.6 Å². The fourth-order valence-electron chi connectivity index (χ4n) is 10.2. The highest BCUT2D eigenvalue weighted by molar-refractivity contribution is 5.99. The Kier molecular flexibility index (Phi) is 8.69. The SMILES string of the molecule is CC[C@H]1C[C@]1(c1noc(=O)[nH]1)n1c(C(=O)N2CCc3nn(-c4cc(C)c(F)c(C)c4)c(-n4ccn(-c5ccc6c(cnn6C)c5)c4=O)c3C2)cc2cc(C3CCOCC3)ccc21. The first-order valence-electron chi connectivity index (χ1n) is 21.2. The second-order valence-electron chi connectivity index (χ2n) is 17.1. The van der Waals surface area contributed by atoms with Crippen LogP contribution in [0.1, 0.15) is 82.8 Å². The first-order valence-corrected chi connectivity index (χ1v) is 21.2. The van der Waals surface area contributed by atoms with Crippen molar-refractivity contribution in [2.24, 2.45) is 13.0 Å². The third-order valence-electron chi connectivity index (χ3n) is 13.5. The number of imidazole rings is 1. The fourth-order valence-corrected chi connectivity index (χ4v) is 10.2. The molecule has 2 fully saturated rings. The van der Waals surface area contributed by atoms with Crippen molar-refractivity contribution in [1.29, 1.82) is 0 Å². The van der Waals surface area contributed by atoms with Gasteiger partial charge in [-0.15, -0.1) is 0 Å². The number of ether oxygens (including phenoxy) is 1. The molecule has 316 valence electrons. The molecule has 16 heteroatoms. The molecule has 1 N–H and O–H groups in total. The zero-order valence-corrected chi connectivity index (χ0v) is 34.9. The van der Waals surface area contributed by atoms with Gasteiger partial charge in [0.1, 0.15) is 22.9 Å². The summed E-state index contributed by atoms with van der Waals surface area (Å²) in [5.74, 6) is 0.164.